The van der Waals surface area contributed by atoms with Crippen molar-refractivity contribution in [2.45, 2.75) is 19.5 Å². The molecule has 0 bridgehead atoms. The number of aliphatic hydroxyl groups is 1. The van der Waals surface area contributed by atoms with E-state index in [1.807, 2.05) is 25.1 Å². The van der Waals surface area contributed by atoms with Crippen LogP contribution in [0.3, 0.4) is 0 Å². The number of nitrogens with zero attached hydrogens (tertiary/aromatic N) is 3. The fourth-order valence-corrected chi connectivity index (χ4v) is 2.69. The summed E-state index contributed by atoms with van der Waals surface area (Å²) in [6.07, 6.45) is -1.12. The highest BCUT2D eigenvalue weighted by atomic mass is 19.4. The average Bonchev–Trinajstić information content (AvgIpc) is 2.68. The molecule has 3 N–H and O–H groups in total. The van der Waals surface area contributed by atoms with Crippen molar-refractivity contribution < 1.29 is 18.3 Å². The van der Waals surface area contributed by atoms with Gasteiger partial charge >= 0.3 is 6.18 Å². The Kier molecular flexibility index (Phi) is 6.28. The van der Waals surface area contributed by atoms with Gasteiger partial charge < -0.3 is 15.7 Å². The monoisotopic (exact) mass is 403 g/mol. The van der Waals surface area contributed by atoms with Crippen LogP contribution in [0.2, 0.25) is 0 Å². The highest BCUT2D eigenvalue weighted by Crippen LogP contribution is 2.29. The molecule has 0 spiro atoms. The van der Waals surface area contributed by atoms with E-state index >= 15 is 0 Å². The van der Waals surface area contributed by atoms with Crippen LogP contribution in [0.25, 0.3) is 11.1 Å². The van der Waals surface area contributed by atoms with E-state index in [1.54, 1.807) is 18.3 Å². The fourth-order valence-electron chi connectivity index (χ4n) is 2.69. The second-order valence-corrected chi connectivity index (χ2v) is 6.41. The quantitative estimate of drug-likeness (QED) is 0.507. The highest BCUT2D eigenvalue weighted by molar-refractivity contribution is 5.71. The Hall–Kier alpha value is -3.20. The molecule has 29 heavy (non-hydrogen) atoms. The zero-order chi connectivity index (χ0) is 20.9. The molecule has 0 aliphatic heterocycles. The molecule has 6 nitrogen and oxygen atoms in total. The Balaban J connectivity index is 1.80. The van der Waals surface area contributed by atoms with Gasteiger partial charge in [-0.1, -0.05) is 6.07 Å². The van der Waals surface area contributed by atoms with E-state index in [4.69, 9.17) is 5.11 Å². The number of aromatic nitrogens is 3. The SMILES string of the molecule is Cc1cc(Nc2nccc(C(F)(F)F)n2)cc(-c2ccc(NCCCO)nc2)c1. The molecule has 0 saturated heterocycles. The van der Waals surface area contributed by atoms with E-state index < -0.39 is 11.9 Å². The lowest BCUT2D eigenvalue weighted by Crippen LogP contribution is -2.10. The van der Waals surface area contributed by atoms with Crippen molar-refractivity contribution in [2.24, 2.45) is 0 Å². The van der Waals surface area contributed by atoms with Crippen LogP contribution in [0.5, 0.6) is 0 Å². The van der Waals surface area contributed by atoms with Gasteiger partial charge in [0.2, 0.25) is 5.95 Å². The Labute approximate surface area is 165 Å². The number of aryl methyl sites for hydroxylation is 1. The molecule has 0 aliphatic carbocycles. The number of rotatable bonds is 7. The smallest absolute Gasteiger partial charge is 0.396 e. The lowest BCUT2D eigenvalue weighted by molar-refractivity contribution is -0.141. The van der Waals surface area contributed by atoms with Gasteiger partial charge in [0.1, 0.15) is 11.5 Å². The second kappa shape index (κ2) is 8.87. The first-order valence-electron chi connectivity index (χ1n) is 8.95. The Morgan fingerprint density at radius 3 is 2.55 bits per heavy atom. The summed E-state index contributed by atoms with van der Waals surface area (Å²) < 4.78 is 38.5. The van der Waals surface area contributed by atoms with Crippen LogP contribution in [0, 0.1) is 6.92 Å². The summed E-state index contributed by atoms with van der Waals surface area (Å²) in [7, 11) is 0. The lowest BCUT2D eigenvalue weighted by atomic mass is 10.0. The van der Waals surface area contributed by atoms with Gasteiger partial charge in [-0.05, 0) is 54.8 Å². The number of benzene rings is 1. The molecule has 3 aromatic rings. The molecule has 0 saturated carbocycles. The number of anilines is 3. The Morgan fingerprint density at radius 1 is 1.03 bits per heavy atom. The molecule has 0 unspecified atom stereocenters. The van der Waals surface area contributed by atoms with Gasteiger partial charge in [-0.15, -0.1) is 0 Å². The van der Waals surface area contributed by atoms with E-state index in [1.165, 1.54) is 0 Å². The zero-order valence-corrected chi connectivity index (χ0v) is 15.7. The maximum Gasteiger partial charge on any atom is 0.433 e. The van der Waals surface area contributed by atoms with Crippen LogP contribution in [0.4, 0.5) is 30.6 Å². The molecule has 0 fully saturated rings. The van der Waals surface area contributed by atoms with Gasteiger partial charge in [0.15, 0.2) is 0 Å². The molecule has 152 valence electrons. The van der Waals surface area contributed by atoms with Crippen molar-refractivity contribution >= 4 is 17.5 Å². The predicted molar refractivity (Wildman–Crippen MR) is 105 cm³/mol. The van der Waals surface area contributed by atoms with Gasteiger partial charge in [0.05, 0.1) is 0 Å². The number of aliphatic hydroxyl groups excluding tert-OH is 1. The molecule has 9 heteroatoms. The van der Waals surface area contributed by atoms with E-state index in [2.05, 4.69) is 25.6 Å². The topological polar surface area (TPSA) is 83.0 Å². The summed E-state index contributed by atoms with van der Waals surface area (Å²) in [6, 6.07) is 10.1. The van der Waals surface area contributed by atoms with Crippen molar-refractivity contribution in [1.82, 2.24) is 15.0 Å². The first-order valence-corrected chi connectivity index (χ1v) is 8.95. The van der Waals surface area contributed by atoms with Crippen molar-refractivity contribution in [3.8, 4) is 11.1 Å². The summed E-state index contributed by atoms with van der Waals surface area (Å²) in [5.41, 5.74) is 2.20. The normalized spacial score (nSPS) is 11.3. The Morgan fingerprint density at radius 2 is 1.86 bits per heavy atom. The van der Waals surface area contributed by atoms with E-state index in [9.17, 15) is 13.2 Å². The third-order valence-corrected chi connectivity index (χ3v) is 4.02. The minimum atomic E-state index is -4.53. The molecular formula is C20H20F3N5O. The van der Waals surface area contributed by atoms with Gasteiger partial charge in [0.25, 0.3) is 0 Å². The number of pyridine rings is 1. The summed E-state index contributed by atoms with van der Waals surface area (Å²) >= 11 is 0. The van der Waals surface area contributed by atoms with Crippen LogP contribution in [0.1, 0.15) is 17.7 Å². The average molecular weight is 403 g/mol. The predicted octanol–water partition coefficient (Wildman–Crippen LogP) is 4.40. The standard InChI is InChI=1S/C20H20F3N5O/c1-13-9-15(14-3-4-18(26-12-14)24-6-2-8-29)11-16(10-13)27-19-25-7-5-17(28-19)20(21,22)23/h3-5,7,9-12,29H,2,6,8H2,1H3,(H,24,26)(H,25,27,28). The summed E-state index contributed by atoms with van der Waals surface area (Å²) in [6.45, 7) is 2.62. The third-order valence-electron chi connectivity index (χ3n) is 4.02. The maximum atomic E-state index is 12.8. The van der Waals surface area contributed by atoms with Crippen LogP contribution in [-0.4, -0.2) is 33.2 Å². The Bertz CT molecular complexity index is 961. The molecule has 0 aliphatic rings. The molecule has 0 amide bonds. The first kappa shape index (κ1) is 20.5. The molecular weight excluding hydrogens is 383 g/mol. The van der Waals surface area contributed by atoms with Crippen LogP contribution in [0.15, 0.2) is 48.8 Å². The zero-order valence-electron chi connectivity index (χ0n) is 15.7. The van der Waals surface area contributed by atoms with Crippen LogP contribution >= 0.6 is 0 Å². The number of hydrogen-bond acceptors (Lipinski definition) is 6. The molecule has 2 heterocycles. The maximum absolute atomic E-state index is 12.8. The van der Waals surface area contributed by atoms with E-state index in [-0.39, 0.29) is 12.6 Å². The minimum Gasteiger partial charge on any atom is -0.396 e. The van der Waals surface area contributed by atoms with Gasteiger partial charge in [0, 0.05) is 36.8 Å². The van der Waals surface area contributed by atoms with Crippen molar-refractivity contribution in [1.29, 1.82) is 0 Å². The van der Waals surface area contributed by atoms with Gasteiger partial charge in [-0.25, -0.2) is 15.0 Å². The van der Waals surface area contributed by atoms with E-state index in [0.29, 0.717) is 24.5 Å². The fraction of sp³-hybridized carbons (Fsp3) is 0.250. The molecule has 2 aromatic heterocycles. The third kappa shape index (κ3) is 5.64. The molecule has 3 rings (SSSR count). The number of nitrogens with one attached hydrogen (secondary N) is 2. The highest BCUT2D eigenvalue weighted by Gasteiger charge is 2.32. The number of hydrogen-bond donors (Lipinski definition) is 3. The van der Waals surface area contributed by atoms with E-state index in [0.717, 1.165) is 29.0 Å². The van der Waals surface area contributed by atoms with Crippen molar-refractivity contribution in [2.75, 3.05) is 23.8 Å². The minimum absolute atomic E-state index is 0.111. The second-order valence-electron chi connectivity index (χ2n) is 6.41. The number of alkyl halides is 3. The molecule has 0 atom stereocenters. The van der Waals surface area contributed by atoms with Crippen LogP contribution < -0.4 is 10.6 Å². The van der Waals surface area contributed by atoms with Crippen molar-refractivity contribution in [3.05, 3.63) is 60.0 Å². The van der Waals surface area contributed by atoms with Crippen molar-refractivity contribution in [3.63, 3.8) is 0 Å². The largest absolute Gasteiger partial charge is 0.433 e. The molecule has 0 radical (unpaired) electrons. The van der Waals surface area contributed by atoms with Gasteiger partial charge in [-0.2, -0.15) is 13.2 Å². The van der Waals surface area contributed by atoms with Gasteiger partial charge in [-0.3, -0.25) is 0 Å². The molecule has 1 aromatic carbocycles. The first-order chi connectivity index (χ1) is 13.8. The number of halogens is 3. The lowest BCUT2D eigenvalue weighted by Gasteiger charge is -2.11. The van der Waals surface area contributed by atoms with Crippen LogP contribution in [-0.2, 0) is 6.18 Å². The summed E-state index contributed by atoms with van der Waals surface area (Å²) in [5.74, 6) is 0.573. The summed E-state index contributed by atoms with van der Waals surface area (Å²) in [5, 5.41) is 14.8. The summed E-state index contributed by atoms with van der Waals surface area (Å²) in [4.78, 5) is 11.7.